The molecule has 2 aromatic heterocycles. The lowest BCUT2D eigenvalue weighted by Gasteiger charge is -2.04. The molecule has 0 spiro atoms. The van der Waals surface area contributed by atoms with Crippen molar-refractivity contribution in [1.29, 1.82) is 0 Å². The van der Waals surface area contributed by atoms with E-state index in [-0.39, 0.29) is 0 Å². The van der Waals surface area contributed by atoms with Gasteiger partial charge in [-0.3, -0.25) is 0 Å². The van der Waals surface area contributed by atoms with Crippen molar-refractivity contribution in [3.05, 3.63) is 12.4 Å². The van der Waals surface area contributed by atoms with Gasteiger partial charge in [-0.25, -0.2) is 9.50 Å². The SMILES string of the molecule is CCCCCOc1nc(N)c2nccn2n1. The lowest BCUT2D eigenvalue weighted by molar-refractivity contribution is 0.278. The average Bonchev–Trinajstić information content (AvgIpc) is 2.73. The van der Waals surface area contributed by atoms with Crippen LogP contribution in [0.2, 0.25) is 0 Å². The number of nitrogens with zero attached hydrogens (tertiary/aromatic N) is 4. The van der Waals surface area contributed by atoms with Gasteiger partial charge in [0, 0.05) is 12.4 Å². The van der Waals surface area contributed by atoms with Crippen LogP contribution in [-0.4, -0.2) is 26.2 Å². The normalized spacial score (nSPS) is 10.8. The Morgan fingerprint density at radius 2 is 2.31 bits per heavy atom. The van der Waals surface area contributed by atoms with Crippen molar-refractivity contribution in [2.45, 2.75) is 26.2 Å². The number of nitrogen functional groups attached to an aromatic ring is 1. The summed E-state index contributed by atoms with van der Waals surface area (Å²) >= 11 is 0. The summed E-state index contributed by atoms with van der Waals surface area (Å²) in [6.07, 6.45) is 6.64. The molecular weight excluding hydrogens is 206 g/mol. The summed E-state index contributed by atoms with van der Waals surface area (Å²) in [4.78, 5) is 8.06. The van der Waals surface area contributed by atoms with E-state index in [9.17, 15) is 0 Å². The maximum Gasteiger partial charge on any atom is 0.336 e. The predicted octanol–water partition coefficient (Wildman–Crippen LogP) is 1.28. The maximum atomic E-state index is 5.72. The van der Waals surface area contributed by atoms with E-state index < -0.39 is 0 Å². The number of nitrogens with two attached hydrogens (primary N) is 1. The number of ether oxygens (including phenoxy) is 1. The molecule has 2 aromatic rings. The number of aromatic nitrogens is 4. The van der Waals surface area contributed by atoms with Crippen LogP contribution < -0.4 is 10.5 Å². The maximum absolute atomic E-state index is 5.72. The second-order valence-corrected chi connectivity index (χ2v) is 3.53. The molecule has 0 aliphatic rings. The van der Waals surface area contributed by atoms with Crippen molar-refractivity contribution in [3.8, 4) is 6.01 Å². The minimum absolute atomic E-state index is 0.305. The highest BCUT2D eigenvalue weighted by Crippen LogP contribution is 2.11. The number of hydrogen-bond donors (Lipinski definition) is 1. The van der Waals surface area contributed by atoms with Crippen LogP contribution in [0.15, 0.2) is 12.4 Å². The van der Waals surface area contributed by atoms with Crippen LogP contribution in [0.3, 0.4) is 0 Å². The second kappa shape index (κ2) is 4.78. The summed E-state index contributed by atoms with van der Waals surface area (Å²) in [5.74, 6) is 0.338. The van der Waals surface area contributed by atoms with Crippen LogP contribution in [-0.2, 0) is 0 Å². The molecule has 0 unspecified atom stereocenters. The summed E-state index contributed by atoms with van der Waals surface area (Å²) < 4.78 is 6.98. The average molecular weight is 221 g/mol. The van der Waals surface area contributed by atoms with E-state index in [0.717, 1.165) is 19.3 Å². The summed E-state index contributed by atoms with van der Waals surface area (Å²) in [6.45, 7) is 2.76. The highest BCUT2D eigenvalue weighted by Gasteiger charge is 2.06. The van der Waals surface area contributed by atoms with Crippen molar-refractivity contribution in [1.82, 2.24) is 19.6 Å². The zero-order chi connectivity index (χ0) is 11.4. The molecule has 6 nitrogen and oxygen atoms in total. The number of rotatable bonds is 5. The van der Waals surface area contributed by atoms with Crippen LogP contribution in [0.5, 0.6) is 6.01 Å². The number of fused-ring (bicyclic) bond motifs is 1. The van der Waals surface area contributed by atoms with Crippen molar-refractivity contribution >= 4 is 11.5 Å². The molecule has 0 atom stereocenters. The van der Waals surface area contributed by atoms with Gasteiger partial charge in [0.05, 0.1) is 6.61 Å². The fourth-order valence-electron chi connectivity index (χ4n) is 1.41. The third-order valence-corrected chi connectivity index (χ3v) is 2.24. The standard InChI is InChI=1S/C10H15N5O/c1-2-3-4-7-16-10-13-8(11)9-12-5-6-15(9)14-10/h5-6H,2-4,7H2,1H3,(H2,11,13,14). The van der Waals surface area contributed by atoms with E-state index >= 15 is 0 Å². The van der Waals surface area contributed by atoms with Gasteiger partial charge in [-0.05, 0) is 6.42 Å². The first kappa shape index (κ1) is 10.7. The summed E-state index contributed by atoms with van der Waals surface area (Å²) in [6, 6.07) is 0.305. The van der Waals surface area contributed by atoms with E-state index in [1.54, 1.807) is 16.9 Å². The number of anilines is 1. The molecular formula is C10H15N5O. The number of unbranched alkanes of at least 4 members (excludes halogenated alkanes) is 2. The molecule has 0 bridgehead atoms. The fraction of sp³-hybridized carbons (Fsp3) is 0.500. The van der Waals surface area contributed by atoms with E-state index in [2.05, 4.69) is 22.0 Å². The first-order valence-corrected chi connectivity index (χ1v) is 5.41. The van der Waals surface area contributed by atoms with Gasteiger partial charge in [-0.2, -0.15) is 4.98 Å². The van der Waals surface area contributed by atoms with Crippen LogP contribution >= 0.6 is 0 Å². The van der Waals surface area contributed by atoms with Crippen molar-refractivity contribution in [2.24, 2.45) is 0 Å². The summed E-state index contributed by atoms with van der Waals surface area (Å²) in [5, 5.41) is 4.13. The zero-order valence-corrected chi connectivity index (χ0v) is 9.26. The third-order valence-electron chi connectivity index (χ3n) is 2.24. The van der Waals surface area contributed by atoms with E-state index in [0.29, 0.717) is 24.1 Å². The molecule has 2 heterocycles. The molecule has 86 valence electrons. The molecule has 0 aliphatic heterocycles. The minimum Gasteiger partial charge on any atom is -0.462 e. The predicted molar refractivity (Wildman–Crippen MR) is 60.2 cm³/mol. The minimum atomic E-state index is 0.305. The van der Waals surface area contributed by atoms with Gasteiger partial charge in [0.15, 0.2) is 11.5 Å². The van der Waals surface area contributed by atoms with Gasteiger partial charge in [-0.15, -0.1) is 5.10 Å². The van der Waals surface area contributed by atoms with Gasteiger partial charge >= 0.3 is 6.01 Å². The topological polar surface area (TPSA) is 78.3 Å². The first-order chi connectivity index (χ1) is 7.81. The smallest absolute Gasteiger partial charge is 0.336 e. The van der Waals surface area contributed by atoms with Crippen LogP contribution in [0.4, 0.5) is 5.82 Å². The Morgan fingerprint density at radius 1 is 1.44 bits per heavy atom. The van der Waals surface area contributed by atoms with Gasteiger partial charge in [0.2, 0.25) is 0 Å². The molecule has 0 fully saturated rings. The van der Waals surface area contributed by atoms with E-state index in [1.165, 1.54) is 0 Å². The van der Waals surface area contributed by atoms with Gasteiger partial charge < -0.3 is 10.5 Å². The van der Waals surface area contributed by atoms with E-state index in [4.69, 9.17) is 10.5 Å². The molecule has 0 radical (unpaired) electrons. The lowest BCUT2D eigenvalue weighted by atomic mass is 10.3. The first-order valence-electron chi connectivity index (χ1n) is 5.41. The largest absolute Gasteiger partial charge is 0.462 e. The van der Waals surface area contributed by atoms with Crippen molar-refractivity contribution in [3.63, 3.8) is 0 Å². The Balaban J connectivity index is 2.06. The quantitative estimate of drug-likeness (QED) is 0.769. The molecule has 0 saturated heterocycles. The molecule has 2 N–H and O–H groups in total. The Kier molecular flexibility index (Phi) is 3.19. The third kappa shape index (κ3) is 2.21. The monoisotopic (exact) mass is 221 g/mol. The second-order valence-electron chi connectivity index (χ2n) is 3.53. The molecule has 16 heavy (non-hydrogen) atoms. The van der Waals surface area contributed by atoms with Crippen LogP contribution in [0.25, 0.3) is 5.65 Å². The highest BCUT2D eigenvalue weighted by atomic mass is 16.5. The Bertz CT molecular complexity index is 467. The number of hydrogen-bond acceptors (Lipinski definition) is 5. The highest BCUT2D eigenvalue weighted by molar-refractivity contribution is 5.58. The van der Waals surface area contributed by atoms with Crippen molar-refractivity contribution in [2.75, 3.05) is 12.3 Å². The molecule has 2 rings (SSSR count). The molecule has 0 amide bonds. The Labute approximate surface area is 93.5 Å². The van der Waals surface area contributed by atoms with Crippen molar-refractivity contribution < 1.29 is 4.74 Å². The lowest BCUT2D eigenvalue weighted by Crippen LogP contribution is -2.07. The molecule has 0 aromatic carbocycles. The fourth-order valence-corrected chi connectivity index (χ4v) is 1.41. The summed E-state index contributed by atoms with van der Waals surface area (Å²) in [5.41, 5.74) is 6.27. The van der Waals surface area contributed by atoms with Gasteiger partial charge in [0.25, 0.3) is 0 Å². The zero-order valence-electron chi connectivity index (χ0n) is 9.26. The van der Waals surface area contributed by atoms with Gasteiger partial charge in [-0.1, -0.05) is 19.8 Å². The molecule has 6 heteroatoms. The van der Waals surface area contributed by atoms with Crippen LogP contribution in [0.1, 0.15) is 26.2 Å². The molecule has 0 aliphatic carbocycles. The van der Waals surface area contributed by atoms with E-state index in [1.807, 2.05) is 0 Å². The summed E-state index contributed by atoms with van der Waals surface area (Å²) in [7, 11) is 0. The Hall–Kier alpha value is -1.85. The Morgan fingerprint density at radius 3 is 3.12 bits per heavy atom. The number of imidazole rings is 1. The van der Waals surface area contributed by atoms with Gasteiger partial charge in [0.1, 0.15) is 0 Å². The van der Waals surface area contributed by atoms with Crippen LogP contribution in [0, 0.1) is 0 Å². The molecule has 0 saturated carbocycles.